The number of nitrogen functional groups attached to an aromatic ring is 1. The molecular formula is C11H12N2O2. The Kier molecular flexibility index (Phi) is 2.11. The average molecular weight is 204 g/mol. The summed E-state index contributed by atoms with van der Waals surface area (Å²) < 4.78 is 5.40. The van der Waals surface area contributed by atoms with E-state index in [0.29, 0.717) is 17.0 Å². The Morgan fingerprint density at radius 2 is 2.07 bits per heavy atom. The van der Waals surface area contributed by atoms with E-state index < -0.39 is 0 Å². The number of furan rings is 1. The third-order valence-corrected chi connectivity index (χ3v) is 2.16. The third-order valence-electron chi connectivity index (χ3n) is 2.16. The predicted molar refractivity (Wildman–Crippen MR) is 58.6 cm³/mol. The number of hydrogen-bond acceptors (Lipinski definition) is 3. The summed E-state index contributed by atoms with van der Waals surface area (Å²) in [6, 6.07) is 7.04. The zero-order valence-electron chi connectivity index (χ0n) is 8.65. The number of carbonyl (C=O) groups excluding carboxylic acids is 1. The fraction of sp³-hybridized carbons (Fsp3) is 0.182. The number of benzene rings is 1. The smallest absolute Gasteiger partial charge is 0.289 e. The number of amides is 1. The number of rotatable bonds is 1. The molecule has 78 valence electrons. The Morgan fingerprint density at radius 3 is 2.73 bits per heavy atom. The molecule has 2 rings (SSSR count). The molecule has 0 fully saturated rings. The summed E-state index contributed by atoms with van der Waals surface area (Å²) in [4.78, 5) is 13.1. The van der Waals surface area contributed by atoms with E-state index >= 15 is 0 Å². The van der Waals surface area contributed by atoms with E-state index in [1.807, 2.05) is 6.07 Å². The van der Waals surface area contributed by atoms with Gasteiger partial charge in [-0.25, -0.2) is 0 Å². The zero-order valence-corrected chi connectivity index (χ0v) is 8.65. The molecule has 4 heteroatoms. The van der Waals surface area contributed by atoms with Crippen LogP contribution < -0.4 is 5.73 Å². The Hall–Kier alpha value is -1.97. The topological polar surface area (TPSA) is 59.5 Å². The molecule has 15 heavy (non-hydrogen) atoms. The molecule has 0 aliphatic carbocycles. The molecule has 2 aromatic rings. The van der Waals surface area contributed by atoms with Gasteiger partial charge in [0.2, 0.25) is 0 Å². The van der Waals surface area contributed by atoms with E-state index in [4.69, 9.17) is 10.2 Å². The van der Waals surface area contributed by atoms with Crippen LogP contribution in [0, 0.1) is 0 Å². The lowest BCUT2D eigenvalue weighted by Gasteiger charge is -2.06. The van der Waals surface area contributed by atoms with Crippen LogP contribution >= 0.6 is 0 Å². The van der Waals surface area contributed by atoms with E-state index in [-0.39, 0.29) is 5.91 Å². The van der Waals surface area contributed by atoms with Crippen LogP contribution in [0.5, 0.6) is 0 Å². The quantitative estimate of drug-likeness (QED) is 0.719. The average Bonchev–Trinajstić information content (AvgIpc) is 2.58. The van der Waals surface area contributed by atoms with Crippen molar-refractivity contribution in [1.82, 2.24) is 4.90 Å². The van der Waals surface area contributed by atoms with Crippen molar-refractivity contribution in [2.75, 3.05) is 19.8 Å². The Labute approximate surface area is 87.3 Å². The molecule has 2 N–H and O–H groups in total. The van der Waals surface area contributed by atoms with Gasteiger partial charge >= 0.3 is 0 Å². The first-order valence-corrected chi connectivity index (χ1v) is 4.58. The lowest BCUT2D eigenvalue weighted by molar-refractivity contribution is 0.0799. The molecule has 1 amide bonds. The molecule has 0 unspecified atom stereocenters. The number of anilines is 1. The maximum absolute atomic E-state index is 11.6. The van der Waals surface area contributed by atoms with Crippen molar-refractivity contribution in [1.29, 1.82) is 0 Å². The van der Waals surface area contributed by atoms with Crippen LogP contribution in [-0.2, 0) is 0 Å². The Balaban J connectivity index is 2.52. The predicted octanol–water partition coefficient (Wildman–Crippen LogP) is 1.72. The highest BCUT2D eigenvalue weighted by atomic mass is 16.3. The second-order valence-electron chi connectivity index (χ2n) is 3.61. The fourth-order valence-corrected chi connectivity index (χ4v) is 1.37. The largest absolute Gasteiger partial charge is 0.451 e. The zero-order chi connectivity index (χ0) is 11.0. The maximum Gasteiger partial charge on any atom is 0.289 e. The highest BCUT2D eigenvalue weighted by molar-refractivity contribution is 5.96. The van der Waals surface area contributed by atoms with E-state index in [2.05, 4.69) is 0 Å². The summed E-state index contributed by atoms with van der Waals surface area (Å²) in [6.07, 6.45) is 0. The fourth-order valence-electron chi connectivity index (χ4n) is 1.37. The van der Waals surface area contributed by atoms with Crippen LogP contribution in [-0.4, -0.2) is 24.9 Å². The van der Waals surface area contributed by atoms with Crippen LogP contribution in [0.1, 0.15) is 10.6 Å². The highest BCUT2D eigenvalue weighted by Gasteiger charge is 2.13. The van der Waals surface area contributed by atoms with E-state index in [1.165, 1.54) is 4.90 Å². The van der Waals surface area contributed by atoms with Crippen LogP contribution in [0.25, 0.3) is 11.0 Å². The van der Waals surface area contributed by atoms with Crippen LogP contribution in [0.15, 0.2) is 28.7 Å². The van der Waals surface area contributed by atoms with Gasteiger partial charge in [-0.2, -0.15) is 0 Å². The summed E-state index contributed by atoms with van der Waals surface area (Å²) in [5, 5.41) is 0.884. The minimum absolute atomic E-state index is 0.148. The summed E-state index contributed by atoms with van der Waals surface area (Å²) in [5.41, 5.74) is 6.88. The molecule has 4 nitrogen and oxygen atoms in total. The summed E-state index contributed by atoms with van der Waals surface area (Å²) in [5.74, 6) is 0.186. The van der Waals surface area contributed by atoms with Crippen LogP contribution in [0.2, 0.25) is 0 Å². The molecule has 0 saturated heterocycles. The first-order valence-electron chi connectivity index (χ1n) is 4.58. The molecule has 0 radical (unpaired) electrons. The molecule has 0 saturated carbocycles. The normalized spacial score (nSPS) is 10.5. The molecule has 0 spiro atoms. The minimum Gasteiger partial charge on any atom is -0.451 e. The van der Waals surface area contributed by atoms with Crippen molar-refractivity contribution in [3.8, 4) is 0 Å². The van der Waals surface area contributed by atoms with Gasteiger partial charge in [0.1, 0.15) is 5.58 Å². The van der Waals surface area contributed by atoms with Gasteiger partial charge in [0.25, 0.3) is 5.91 Å². The van der Waals surface area contributed by atoms with Gasteiger partial charge in [0.15, 0.2) is 5.76 Å². The SMILES string of the molecule is CN(C)C(=O)c1cc2ccc(N)cc2o1. The van der Waals surface area contributed by atoms with E-state index in [9.17, 15) is 4.79 Å². The number of hydrogen-bond donors (Lipinski definition) is 1. The van der Waals surface area contributed by atoms with Gasteiger partial charge < -0.3 is 15.1 Å². The molecule has 0 aliphatic rings. The molecular weight excluding hydrogens is 192 g/mol. The Morgan fingerprint density at radius 1 is 1.33 bits per heavy atom. The van der Waals surface area contributed by atoms with Crippen molar-refractivity contribution in [2.24, 2.45) is 0 Å². The monoisotopic (exact) mass is 204 g/mol. The van der Waals surface area contributed by atoms with Crippen LogP contribution in [0.4, 0.5) is 5.69 Å². The first kappa shape index (κ1) is 9.58. The summed E-state index contributed by atoms with van der Waals surface area (Å²) in [6.45, 7) is 0. The standard InChI is InChI=1S/C11H12N2O2/c1-13(2)11(14)10-5-7-3-4-8(12)6-9(7)15-10/h3-6H,12H2,1-2H3. The van der Waals surface area contributed by atoms with Crippen LogP contribution in [0.3, 0.4) is 0 Å². The number of fused-ring (bicyclic) bond motifs is 1. The second kappa shape index (κ2) is 3.31. The number of carbonyl (C=O) groups is 1. The van der Waals surface area contributed by atoms with Crippen molar-refractivity contribution < 1.29 is 9.21 Å². The number of nitrogens with zero attached hydrogens (tertiary/aromatic N) is 1. The summed E-state index contributed by atoms with van der Waals surface area (Å²) >= 11 is 0. The van der Waals surface area contributed by atoms with Gasteiger partial charge in [0.05, 0.1) is 0 Å². The van der Waals surface area contributed by atoms with Gasteiger partial charge in [-0.05, 0) is 18.2 Å². The highest BCUT2D eigenvalue weighted by Crippen LogP contribution is 2.22. The second-order valence-corrected chi connectivity index (χ2v) is 3.61. The maximum atomic E-state index is 11.6. The van der Waals surface area contributed by atoms with Gasteiger partial charge in [-0.15, -0.1) is 0 Å². The van der Waals surface area contributed by atoms with Gasteiger partial charge in [0, 0.05) is 31.2 Å². The van der Waals surface area contributed by atoms with E-state index in [1.54, 1.807) is 32.3 Å². The number of nitrogens with two attached hydrogens (primary N) is 1. The van der Waals surface area contributed by atoms with Gasteiger partial charge in [-0.3, -0.25) is 4.79 Å². The lowest BCUT2D eigenvalue weighted by atomic mass is 10.2. The lowest BCUT2D eigenvalue weighted by Crippen LogP contribution is -2.20. The molecule has 0 aliphatic heterocycles. The van der Waals surface area contributed by atoms with E-state index in [0.717, 1.165) is 5.39 Å². The molecule has 0 bridgehead atoms. The minimum atomic E-state index is -0.148. The first-order chi connectivity index (χ1) is 7.08. The third kappa shape index (κ3) is 1.66. The van der Waals surface area contributed by atoms with Crippen molar-refractivity contribution in [3.63, 3.8) is 0 Å². The molecule has 1 aromatic carbocycles. The summed E-state index contributed by atoms with van der Waals surface area (Å²) in [7, 11) is 3.37. The van der Waals surface area contributed by atoms with Crippen molar-refractivity contribution in [3.05, 3.63) is 30.0 Å². The molecule has 1 aromatic heterocycles. The van der Waals surface area contributed by atoms with Gasteiger partial charge in [-0.1, -0.05) is 0 Å². The molecule has 0 atom stereocenters. The van der Waals surface area contributed by atoms with Crippen molar-refractivity contribution >= 4 is 22.6 Å². The van der Waals surface area contributed by atoms with Crippen molar-refractivity contribution in [2.45, 2.75) is 0 Å². The Bertz CT molecular complexity index is 514. The molecule has 1 heterocycles.